The summed E-state index contributed by atoms with van der Waals surface area (Å²) in [6.45, 7) is 0. The van der Waals surface area contributed by atoms with Crippen LogP contribution in [0, 0.1) is 0 Å². The average Bonchev–Trinajstić information content (AvgIpc) is 4.35. The zero-order chi connectivity index (χ0) is 53.5. The summed E-state index contributed by atoms with van der Waals surface area (Å²) < 4.78 is 15.3. The van der Waals surface area contributed by atoms with Gasteiger partial charge in [0.2, 0.25) is 0 Å². The maximum atomic E-state index is 6.58. The van der Waals surface area contributed by atoms with Gasteiger partial charge in [0.25, 0.3) is 0 Å². The van der Waals surface area contributed by atoms with E-state index in [4.69, 9.17) is 8.83 Å². The maximum absolute atomic E-state index is 6.58. The molecule has 0 unspecified atom stereocenters. The summed E-state index contributed by atoms with van der Waals surface area (Å²) in [5, 5.41) is 7.99. The monoisotopic (exact) mass is 1210 g/mol. The second-order valence-electron chi connectivity index (χ2n) is 18.9. The van der Waals surface area contributed by atoms with Crippen LogP contribution in [-0.2, 0) is 0 Å². The molecular weight excluding hydrogens is 1160 g/mol. The van der Waals surface area contributed by atoms with Crippen molar-refractivity contribution in [1.82, 2.24) is 0 Å². The fourth-order valence-electron chi connectivity index (χ4n) is 10.0. The van der Waals surface area contributed by atoms with E-state index in [-0.39, 0.29) is 0 Å². The van der Waals surface area contributed by atoms with Crippen LogP contribution in [0.3, 0.4) is 0 Å². The number of para-hydroxylation sites is 4. The third kappa shape index (κ3) is 11.2. The molecule has 14 aromatic rings. The van der Waals surface area contributed by atoms with E-state index in [9.17, 15) is 0 Å². The van der Waals surface area contributed by atoms with Crippen LogP contribution in [-0.4, -0.2) is 0 Å². The van der Waals surface area contributed by atoms with Crippen LogP contribution >= 0.6 is 47.8 Å². The second kappa shape index (κ2) is 23.5. The molecule has 0 aliphatic heterocycles. The highest BCUT2D eigenvalue weighted by Crippen LogP contribution is 2.45. The van der Waals surface area contributed by atoms with Gasteiger partial charge in [-0.1, -0.05) is 218 Å². The van der Waals surface area contributed by atoms with E-state index in [1.54, 1.807) is 0 Å². The van der Waals surface area contributed by atoms with Crippen LogP contribution in [0.5, 0.6) is 0 Å². The molecule has 79 heavy (non-hydrogen) atoms. The van der Waals surface area contributed by atoms with Crippen molar-refractivity contribution >= 4 is 120 Å². The van der Waals surface area contributed by atoms with Gasteiger partial charge in [-0.2, -0.15) is 0 Å². The molecule has 0 spiro atoms. The third-order valence-corrected chi connectivity index (χ3v) is 15.6. The van der Waals surface area contributed by atoms with Gasteiger partial charge < -0.3 is 19.1 Å². The molecule has 2 aromatic heterocycles. The summed E-state index contributed by atoms with van der Waals surface area (Å²) >= 11 is 10.7. The van der Waals surface area contributed by atoms with Gasteiger partial charge in [0.05, 0.1) is 19.1 Å². The Bertz CT molecular complexity index is 4170. The van der Waals surface area contributed by atoms with Crippen molar-refractivity contribution in [1.29, 1.82) is 0 Å². The van der Waals surface area contributed by atoms with Gasteiger partial charge >= 0.3 is 0 Å². The highest BCUT2D eigenvalue weighted by molar-refractivity contribution is 9.11. The molecule has 0 fully saturated rings. The number of halogens is 3. The minimum Gasteiger partial charge on any atom is -0.454 e. The molecule has 0 amide bonds. The lowest BCUT2D eigenvalue weighted by Crippen LogP contribution is -2.10. The molecule has 12 aromatic carbocycles. The Balaban J connectivity index is 0.000000132. The van der Waals surface area contributed by atoms with Gasteiger partial charge in [-0.15, -0.1) is 0 Å². The van der Waals surface area contributed by atoms with Crippen LogP contribution in [0.15, 0.2) is 313 Å². The van der Waals surface area contributed by atoms with Crippen LogP contribution in [0.2, 0.25) is 0 Å². The number of anilines is 5. The zero-order valence-corrected chi connectivity index (χ0v) is 47.4. The molecule has 0 aliphatic carbocycles. The lowest BCUT2D eigenvalue weighted by molar-refractivity contribution is 0.664. The lowest BCUT2D eigenvalue weighted by atomic mass is 10.0. The van der Waals surface area contributed by atoms with E-state index in [0.29, 0.717) is 0 Å². The summed E-state index contributed by atoms with van der Waals surface area (Å²) in [5.41, 5.74) is 18.4. The molecule has 0 saturated heterocycles. The number of hydrogen-bond acceptors (Lipinski definition) is 4. The summed E-state index contributed by atoms with van der Waals surface area (Å²) in [6.07, 6.45) is 0. The maximum Gasteiger partial charge on any atom is 0.159 e. The Labute approximate surface area is 484 Å². The highest BCUT2D eigenvalue weighted by atomic mass is 79.9. The van der Waals surface area contributed by atoms with Gasteiger partial charge in [0, 0.05) is 44.3 Å². The number of nitrogens with one attached hydrogen (secondary N) is 1. The van der Waals surface area contributed by atoms with E-state index in [1.807, 2.05) is 42.5 Å². The fraction of sp³-hybridized carbons (Fsp3) is 0. The quantitative estimate of drug-likeness (QED) is 0.156. The van der Waals surface area contributed by atoms with Gasteiger partial charge in [0.15, 0.2) is 5.58 Å². The third-order valence-electron chi connectivity index (χ3n) is 13.8. The van der Waals surface area contributed by atoms with E-state index < -0.39 is 0 Å². The van der Waals surface area contributed by atoms with Gasteiger partial charge in [0.1, 0.15) is 16.7 Å². The van der Waals surface area contributed by atoms with Gasteiger partial charge in [-0.3, -0.25) is 0 Å². The Kier molecular flexibility index (Phi) is 15.2. The van der Waals surface area contributed by atoms with Crippen LogP contribution in [0.1, 0.15) is 0 Å². The first-order chi connectivity index (χ1) is 38.9. The Morgan fingerprint density at radius 3 is 0.924 bits per heavy atom. The fourth-order valence-corrected chi connectivity index (χ4v) is 11.4. The number of furan rings is 2. The topological polar surface area (TPSA) is 41.6 Å². The summed E-state index contributed by atoms with van der Waals surface area (Å²) in [6, 6.07) is 101. The van der Waals surface area contributed by atoms with Crippen molar-refractivity contribution in [2.45, 2.75) is 0 Å². The summed E-state index contributed by atoms with van der Waals surface area (Å²) in [5.74, 6) is 0. The first kappa shape index (κ1) is 51.1. The van der Waals surface area contributed by atoms with Crippen LogP contribution < -0.4 is 10.2 Å². The second-order valence-corrected chi connectivity index (χ2v) is 21.5. The van der Waals surface area contributed by atoms with Crippen molar-refractivity contribution in [2.24, 2.45) is 0 Å². The summed E-state index contributed by atoms with van der Waals surface area (Å²) in [4.78, 5) is 2.30. The number of benzene rings is 12. The Hall–Kier alpha value is -8.72. The first-order valence-electron chi connectivity index (χ1n) is 26.0. The molecule has 0 aliphatic rings. The molecule has 0 radical (unpaired) electrons. The van der Waals surface area contributed by atoms with Crippen molar-refractivity contribution in [3.63, 3.8) is 0 Å². The predicted octanol–water partition coefficient (Wildman–Crippen LogP) is 23.0. The van der Waals surface area contributed by atoms with E-state index in [1.165, 1.54) is 33.4 Å². The SMILES string of the molecule is Brc1cccc2c1oc1c(Br)cccc12.Brc1cccc2c1oc1c(N(c3cccc(-c4ccccc4)c3)c3cccc(-c4ccccc4)c3)cccc12.c1ccc(-c2cccc(Nc3cccc(-c4ccccc4)c3)c2)cc1. The smallest absolute Gasteiger partial charge is 0.159 e. The van der Waals surface area contributed by atoms with Crippen molar-refractivity contribution < 1.29 is 8.83 Å². The van der Waals surface area contributed by atoms with Crippen LogP contribution in [0.25, 0.3) is 88.4 Å². The molecular formula is C72H49Br3N2O2. The molecule has 1 N–H and O–H groups in total. The summed E-state index contributed by atoms with van der Waals surface area (Å²) in [7, 11) is 0. The van der Waals surface area contributed by atoms with Crippen molar-refractivity contribution in [2.75, 3.05) is 10.2 Å². The Morgan fingerprint density at radius 1 is 0.253 bits per heavy atom. The number of fused-ring (bicyclic) bond motifs is 6. The van der Waals surface area contributed by atoms with Crippen molar-refractivity contribution in [3.05, 3.63) is 305 Å². The molecule has 0 atom stereocenters. The molecule has 0 bridgehead atoms. The highest BCUT2D eigenvalue weighted by Gasteiger charge is 2.21. The predicted molar refractivity (Wildman–Crippen MR) is 343 cm³/mol. The Morgan fingerprint density at radius 2 is 0.544 bits per heavy atom. The number of hydrogen-bond donors (Lipinski definition) is 1. The van der Waals surface area contributed by atoms with E-state index >= 15 is 0 Å². The normalized spacial score (nSPS) is 11.0. The molecule has 4 nitrogen and oxygen atoms in total. The van der Waals surface area contributed by atoms with Gasteiger partial charge in [-0.05, 0) is 165 Å². The molecule has 14 rings (SSSR count). The number of rotatable bonds is 9. The van der Waals surface area contributed by atoms with Gasteiger partial charge in [-0.25, -0.2) is 0 Å². The average molecular weight is 1210 g/mol. The molecule has 7 heteroatoms. The molecule has 380 valence electrons. The lowest BCUT2D eigenvalue weighted by Gasteiger charge is -2.26. The van der Waals surface area contributed by atoms with Crippen molar-refractivity contribution in [3.8, 4) is 44.5 Å². The molecule has 0 saturated carbocycles. The minimum atomic E-state index is 0.856. The van der Waals surface area contributed by atoms with E-state index in [2.05, 4.69) is 307 Å². The molecule has 2 heterocycles. The minimum absolute atomic E-state index is 0.856. The first-order valence-corrected chi connectivity index (χ1v) is 28.3. The zero-order valence-electron chi connectivity index (χ0n) is 42.6. The van der Waals surface area contributed by atoms with Crippen LogP contribution in [0.4, 0.5) is 28.4 Å². The largest absolute Gasteiger partial charge is 0.454 e. The number of nitrogens with zero attached hydrogens (tertiary/aromatic N) is 1. The standard InChI is InChI=1S/C36H24BrNO.C24H19N.C12H6Br2O/c37-33-21-9-19-31-32-20-10-22-34(36(32)39-35(31)33)38(29-17-7-15-27(23-29)25-11-3-1-4-12-25)30-18-8-16-28(24-30)26-13-5-2-6-14-26;1-3-9-19(10-4-1)21-13-7-15-23(17-21)25-24-16-8-14-22(18-24)20-11-5-2-6-12-20;13-9-5-1-3-7-8-4-2-6-10(14)12(8)15-11(7)9/h1-24H;1-18,25H;1-6H. The van der Waals surface area contributed by atoms with E-state index in [0.717, 1.165) is 96.9 Å².